The molecule has 2 aliphatic heterocycles. The highest BCUT2D eigenvalue weighted by atomic mass is 16.5. The largest absolute Gasteiger partial charge is 0.379 e. The monoisotopic (exact) mass is 367 g/mol. The zero-order valence-corrected chi connectivity index (χ0v) is 17.5. The van der Waals surface area contributed by atoms with Crippen LogP contribution in [0.15, 0.2) is 4.99 Å². The molecule has 0 saturated carbocycles. The number of hydrogen-bond acceptors (Lipinski definition) is 4. The van der Waals surface area contributed by atoms with Gasteiger partial charge < -0.3 is 20.3 Å². The van der Waals surface area contributed by atoms with Crippen molar-refractivity contribution in [3.8, 4) is 0 Å². The first-order valence-electron chi connectivity index (χ1n) is 10.6. The van der Waals surface area contributed by atoms with Crippen molar-refractivity contribution in [1.82, 2.24) is 20.4 Å². The van der Waals surface area contributed by atoms with E-state index in [9.17, 15) is 0 Å². The average Bonchev–Trinajstić information content (AvgIpc) is 2.66. The SMILES string of the molecule is CCCN1CCC(CNC(=NC)NCC(C(C)C)N2CCOCC2)CC1. The number of piperidine rings is 1. The predicted molar refractivity (Wildman–Crippen MR) is 110 cm³/mol. The van der Waals surface area contributed by atoms with Gasteiger partial charge >= 0.3 is 0 Å². The number of nitrogens with one attached hydrogen (secondary N) is 2. The fourth-order valence-corrected chi connectivity index (χ4v) is 4.09. The van der Waals surface area contributed by atoms with Crippen molar-refractivity contribution < 1.29 is 4.74 Å². The van der Waals surface area contributed by atoms with E-state index in [4.69, 9.17) is 4.74 Å². The van der Waals surface area contributed by atoms with Gasteiger partial charge in [0.1, 0.15) is 0 Å². The molecule has 152 valence electrons. The van der Waals surface area contributed by atoms with Crippen molar-refractivity contribution in [2.24, 2.45) is 16.8 Å². The highest BCUT2D eigenvalue weighted by Gasteiger charge is 2.24. The first-order valence-corrected chi connectivity index (χ1v) is 10.6. The first-order chi connectivity index (χ1) is 12.6. The first kappa shape index (κ1) is 21.5. The summed E-state index contributed by atoms with van der Waals surface area (Å²) in [6.07, 6.45) is 3.86. The Kier molecular flexibility index (Phi) is 9.72. The summed E-state index contributed by atoms with van der Waals surface area (Å²) in [5.74, 6) is 2.32. The summed E-state index contributed by atoms with van der Waals surface area (Å²) in [7, 11) is 1.87. The van der Waals surface area contributed by atoms with Crippen LogP contribution in [-0.2, 0) is 4.74 Å². The number of likely N-dealkylation sites (tertiary alicyclic amines) is 1. The molecule has 0 amide bonds. The van der Waals surface area contributed by atoms with Gasteiger partial charge in [-0.25, -0.2) is 0 Å². The van der Waals surface area contributed by atoms with E-state index >= 15 is 0 Å². The van der Waals surface area contributed by atoms with E-state index in [1.807, 2.05) is 7.05 Å². The molecule has 26 heavy (non-hydrogen) atoms. The van der Waals surface area contributed by atoms with Crippen molar-refractivity contribution in [3.05, 3.63) is 0 Å². The van der Waals surface area contributed by atoms with Crippen LogP contribution in [0.5, 0.6) is 0 Å². The van der Waals surface area contributed by atoms with Crippen molar-refractivity contribution >= 4 is 5.96 Å². The Balaban J connectivity index is 1.71. The van der Waals surface area contributed by atoms with Crippen LogP contribution < -0.4 is 10.6 Å². The quantitative estimate of drug-likeness (QED) is 0.504. The van der Waals surface area contributed by atoms with Crippen molar-refractivity contribution in [3.63, 3.8) is 0 Å². The molecule has 0 bridgehead atoms. The molecular formula is C20H41N5O. The maximum absolute atomic E-state index is 5.50. The van der Waals surface area contributed by atoms with E-state index in [0.29, 0.717) is 12.0 Å². The second kappa shape index (κ2) is 11.8. The molecule has 1 atom stereocenters. The lowest BCUT2D eigenvalue weighted by Crippen LogP contribution is -2.53. The molecule has 0 aliphatic carbocycles. The third-order valence-electron chi connectivity index (χ3n) is 5.79. The fraction of sp³-hybridized carbons (Fsp3) is 0.950. The highest BCUT2D eigenvalue weighted by Crippen LogP contribution is 2.16. The highest BCUT2D eigenvalue weighted by molar-refractivity contribution is 5.79. The number of nitrogens with zero attached hydrogens (tertiary/aromatic N) is 3. The van der Waals surface area contributed by atoms with Gasteiger partial charge in [0.25, 0.3) is 0 Å². The number of ether oxygens (including phenoxy) is 1. The molecule has 0 radical (unpaired) electrons. The van der Waals surface area contributed by atoms with Gasteiger partial charge in [0.05, 0.1) is 13.2 Å². The van der Waals surface area contributed by atoms with E-state index in [-0.39, 0.29) is 0 Å². The van der Waals surface area contributed by atoms with Crippen LogP contribution in [-0.4, -0.2) is 87.9 Å². The maximum Gasteiger partial charge on any atom is 0.191 e. The minimum absolute atomic E-state index is 0.523. The summed E-state index contributed by atoms with van der Waals surface area (Å²) in [5.41, 5.74) is 0. The fourth-order valence-electron chi connectivity index (χ4n) is 4.09. The molecule has 2 N–H and O–H groups in total. The van der Waals surface area contributed by atoms with Crippen LogP contribution in [0.3, 0.4) is 0 Å². The lowest BCUT2D eigenvalue weighted by molar-refractivity contribution is 0.00752. The van der Waals surface area contributed by atoms with Gasteiger partial charge in [-0.1, -0.05) is 20.8 Å². The molecule has 2 heterocycles. The van der Waals surface area contributed by atoms with Gasteiger partial charge in [0.15, 0.2) is 5.96 Å². The van der Waals surface area contributed by atoms with Crippen LogP contribution >= 0.6 is 0 Å². The standard InChI is InChI=1S/C20H41N5O/c1-5-8-24-9-6-18(7-10-24)15-22-20(21-4)23-16-19(17(2)3)25-11-13-26-14-12-25/h17-19H,5-16H2,1-4H3,(H2,21,22,23). The summed E-state index contributed by atoms with van der Waals surface area (Å²) < 4.78 is 5.50. The molecule has 0 aromatic heterocycles. The molecule has 2 aliphatic rings. The molecule has 1 unspecified atom stereocenters. The number of rotatable bonds is 8. The second-order valence-corrected chi connectivity index (χ2v) is 8.08. The van der Waals surface area contributed by atoms with Crippen LogP contribution in [0.25, 0.3) is 0 Å². The Morgan fingerprint density at radius 1 is 1.12 bits per heavy atom. The summed E-state index contributed by atoms with van der Waals surface area (Å²) in [4.78, 5) is 9.58. The Hall–Kier alpha value is -0.850. The molecule has 0 aromatic carbocycles. The zero-order chi connectivity index (χ0) is 18.8. The van der Waals surface area contributed by atoms with Gasteiger partial charge in [-0.2, -0.15) is 0 Å². The normalized spacial score (nSPS) is 22.6. The number of hydrogen-bond donors (Lipinski definition) is 2. The third kappa shape index (κ3) is 7.05. The Bertz CT molecular complexity index is 401. The summed E-state index contributed by atoms with van der Waals surface area (Å²) in [6.45, 7) is 16.4. The van der Waals surface area contributed by atoms with Crippen molar-refractivity contribution in [2.75, 3.05) is 66.1 Å². The van der Waals surface area contributed by atoms with Gasteiger partial charge in [-0.15, -0.1) is 0 Å². The van der Waals surface area contributed by atoms with Crippen molar-refractivity contribution in [2.45, 2.75) is 46.1 Å². The summed E-state index contributed by atoms with van der Waals surface area (Å²) >= 11 is 0. The van der Waals surface area contributed by atoms with Crippen LogP contribution in [0.1, 0.15) is 40.0 Å². The predicted octanol–water partition coefficient (Wildman–Crippen LogP) is 1.63. The third-order valence-corrected chi connectivity index (χ3v) is 5.79. The van der Waals surface area contributed by atoms with Gasteiger partial charge in [0.2, 0.25) is 0 Å². The van der Waals surface area contributed by atoms with E-state index in [2.05, 4.69) is 46.2 Å². The molecule has 2 fully saturated rings. The number of aliphatic imine (C=N–C) groups is 1. The van der Waals surface area contributed by atoms with E-state index in [0.717, 1.165) is 51.3 Å². The Morgan fingerprint density at radius 3 is 2.38 bits per heavy atom. The van der Waals surface area contributed by atoms with Gasteiger partial charge in [-0.3, -0.25) is 9.89 Å². The topological polar surface area (TPSA) is 52.1 Å². The average molecular weight is 368 g/mol. The maximum atomic E-state index is 5.50. The lowest BCUT2D eigenvalue weighted by Gasteiger charge is -2.37. The van der Waals surface area contributed by atoms with Gasteiger partial charge in [-0.05, 0) is 50.7 Å². The molecule has 0 aromatic rings. The number of guanidine groups is 1. The summed E-state index contributed by atoms with van der Waals surface area (Å²) in [5, 5.41) is 7.12. The second-order valence-electron chi connectivity index (χ2n) is 8.08. The lowest BCUT2D eigenvalue weighted by atomic mass is 9.97. The molecular weight excluding hydrogens is 326 g/mol. The summed E-state index contributed by atoms with van der Waals surface area (Å²) in [6, 6.07) is 0.523. The van der Waals surface area contributed by atoms with Gasteiger partial charge in [0, 0.05) is 39.3 Å². The molecule has 2 saturated heterocycles. The molecule has 6 nitrogen and oxygen atoms in total. The van der Waals surface area contributed by atoms with E-state index < -0.39 is 0 Å². The van der Waals surface area contributed by atoms with E-state index in [1.165, 1.54) is 38.9 Å². The number of morpholine rings is 1. The molecule has 2 rings (SSSR count). The Labute approximate surface area is 160 Å². The minimum Gasteiger partial charge on any atom is -0.379 e. The van der Waals surface area contributed by atoms with Crippen LogP contribution in [0.2, 0.25) is 0 Å². The Morgan fingerprint density at radius 2 is 1.81 bits per heavy atom. The van der Waals surface area contributed by atoms with Crippen LogP contribution in [0, 0.1) is 11.8 Å². The molecule has 0 spiro atoms. The van der Waals surface area contributed by atoms with E-state index in [1.54, 1.807) is 0 Å². The van der Waals surface area contributed by atoms with Crippen molar-refractivity contribution in [1.29, 1.82) is 0 Å². The molecule has 6 heteroatoms. The zero-order valence-electron chi connectivity index (χ0n) is 17.5. The van der Waals surface area contributed by atoms with Crippen LogP contribution in [0.4, 0.5) is 0 Å². The minimum atomic E-state index is 0.523. The smallest absolute Gasteiger partial charge is 0.191 e.